The minimum atomic E-state index is 0.533. The molecule has 0 spiro atoms. The van der Waals surface area contributed by atoms with Crippen LogP contribution in [0.15, 0.2) is 60.7 Å². The van der Waals surface area contributed by atoms with E-state index >= 15 is 0 Å². The molecule has 0 fully saturated rings. The summed E-state index contributed by atoms with van der Waals surface area (Å²) in [4.78, 5) is 0. The Morgan fingerprint density at radius 2 is 1.59 bits per heavy atom. The quantitative estimate of drug-likeness (QED) is 0.667. The highest BCUT2D eigenvalue weighted by molar-refractivity contribution is 5.70. The summed E-state index contributed by atoms with van der Waals surface area (Å²) in [7, 11) is 0. The van der Waals surface area contributed by atoms with Crippen molar-refractivity contribution in [3.05, 3.63) is 77.4 Å². The lowest BCUT2D eigenvalue weighted by Gasteiger charge is -2.23. The van der Waals surface area contributed by atoms with Crippen LogP contribution in [0.4, 0.5) is 0 Å². The molecular weight excluding hydrogens is 204 g/mol. The molecule has 0 heterocycles. The summed E-state index contributed by atoms with van der Waals surface area (Å²) in [6.07, 6.45) is 3.52. The van der Waals surface area contributed by atoms with Crippen LogP contribution in [0.25, 0.3) is 5.57 Å². The van der Waals surface area contributed by atoms with Gasteiger partial charge in [-0.1, -0.05) is 60.7 Å². The molecule has 0 nitrogen and oxygen atoms in total. The van der Waals surface area contributed by atoms with Crippen LogP contribution in [0.2, 0.25) is 0 Å². The van der Waals surface area contributed by atoms with Crippen molar-refractivity contribution < 1.29 is 0 Å². The number of hydrogen-bond acceptors (Lipinski definition) is 0. The zero-order valence-corrected chi connectivity index (χ0v) is 10.1. The molecule has 1 atom stereocenters. The Bertz CT molecular complexity index is 549. The van der Waals surface area contributed by atoms with Gasteiger partial charge in [-0.05, 0) is 35.6 Å². The van der Waals surface area contributed by atoms with Gasteiger partial charge in [0.05, 0.1) is 0 Å². The summed E-state index contributed by atoms with van der Waals surface area (Å²) in [5.41, 5.74) is 5.71. The van der Waals surface area contributed by atoms with E-state index in [2.05, 4.69) is 67.6 Å². The van der Waals surface area contributed by atoms with Crippen molar-refractivity contribution >= 4 is 5.57 Å². The third-order valence-corrected chi connectivity index (χ3v) is 3.56. The normalized spacial score (nSPS) is 18.4. The highest BCUT2D eigenvalue weighted by atomic mass is 14.2. The van der Waals surface area contributed by atoms with Crippen molar-refractivity contribution in [2.45, 2.75) is 19.3 Å². The van der Waals surface area contributed by atoms with Crippen LogP contribution in [0.3, 0.4) is 0 Å². The number of allylic oxidation sites excluding steroid dienone is 2. The molecule has 0 bridgehead atoms. The predicted molar refractivity (Wildman–Crippen MR) is 73.0 cm³/mol. The van der Waals surface area contributed by atoms with Crippen molar-refractivity contribution in [1.82, 2.24) is 0 Å². The van der Waals surface area contributed by atoms with Crippen LogP contribution in [0, 0.1) is 0 Å². The van der Waals surface area contributed by atoms with E-state index in [1.165, 1.54) is 22.3 Å². The first-order chi connectivity index (χ1) is 8.34. The highest BCUT2D eigenvalue weighted by Gasteiger charge is 2.17. The zero-order valence-electron chi connectivity index (χ0n) is 10.1. The summed E-state index contributed by atoms with van der Waals surface area (Å²) in [6.45, 7) is 2.22. The molecule has 84 valence electrons. The molecule has 1 unspecified atom stereocenters. The standard InChI is InChI=1S/C17H16/c1-13-11-16(14-7-3-2-4-8-14)12-15-9-5-6-10-17(13)15/h2-11,16H,12H2,1H3. The fourth-order valence-electron chi connectivity index (χ4n) is 2.68. The van der Waals surface area contributed by atoms with E-state index in [9.17, 15) is 0 Å². The van der Waals surface area contributed by atoms with E-state index in [-0.39, 0.29) is 0 Å². The second-order valence-electron chi connectivity index (χ2n) is 4.73. The van der Waals surface area contributed by atoms with Gasteiger partial charge in [-0.3, -0.25) is 0 Å². The summed E-state index contributed by atoms with van der Waals surface area (Å²) < 4.78 is 0. The Hall–Kier alpha value is -1.82. The Morgan fingerprint density at radius 1 is 0.882 bits per heavy atom. The molecule has 0 amide bonds. The Labute approximate surface area is 103 Å². The summed E-state index contributed by atoms with van der Waals surface area (Å²) in [5.74, 6) is 0.533. The minimum absolute atomic E-state index is 0.533. The topological polar surface area (TPSA) is 0 Å². The first-order valence-electron chi connectivity index (χ1n) is 6.16. The molecule has 0 heteroatoms. The average molecular weight is 220 g/mol. The van der Waals surface area contributed by atoms with Gasteiger partial charge in [0.15, 0.2) is 0 Å². The largest absolute Gasteiger partial charge is 0.0731 e. The van der Waals surface area contributed by atoms with Crippen molar-refractivity contribution in [2.75, 3.05) is 0 Å². The number of fused-ring (bicyclic) bond motifs is 1. The third kappa shape index (κ3) is 1.91. The van der Waals surface area contributed by atoms with Crippen molar-refractivity contribution in [1.29, 1.82) is 0 Å². The van der Waals surface area contributed by atoms with E-state index in [0.717, 1.165) is 6.42 Å². The molecule has 0 aromatic heterocycles. The van der Waals surface area contributed by atoms with Gasteiger partial charge < -0.3 is 0 Å². The molecular formula is C17H16. The lowest BCUT2D eigenvalue weighted by Crippen LogP contribution is -2.07. The number of benzene rings is 2. The van der Waals surface area contributed by atoms with Crippen LogP contribution < -0.4 is 0 Å². The maximum atomic E-state index is 2.40. The van der Waals surface area contributed by atoms with Gasteiger partial charge in [0.2, 0.25) is 0 Å². The maximum absolute atomic E-state index is 2.40. The summed E-state index contributed by atoms with van der Waals surface area (Å²) >= 11 is 0. The lowest BCUT2D eigenvalue weighted by molar-refractivity contribution is 0.821. The van der Waals surface area contributed by atoms with E-state index in [1.54, 1.807) is 0 Å². The number of rotatable bonds is 1. The molecule has 0 saturated carbocycles. The Kier molecular flexibility index (Phi) is 2.56. The van der Waals surface area contributed by atoms with Crippen molar-refractivity contribution in [3.8, 4) is 0 Å². The van der Waals surface area contributed by atoms with Gasteiger partial charge in [-0.2, -0.15) is 0 Å². The predicted octanol–water partition coefficient (Wildman–Crippen LogP) is 4.43. The second-order valence-corrected chi connectivity index (χ2v) is 4.73. The molecule has 0 aliphatic heterocycles. The fraction of sp³-hybridized carbons (Fsp3) is 0.176. The number of hydrogen-bond donors (Lipinski definition) is 0. The Morgan fingerprint density at radius 3 is 2.41 bits per heavy atom. The summed E-state index contributed by atoms with van der Waals surface area (Å²) in [6, 6.07) is 19.5. The van der Waals surface area contributed by atoms with Crippen LogP contribution in [-0.4, -0.2) is 0 Å². The first kappa shape index (κ1) is 10.3. The average Bonchev–Trinajstić information content (AvgIpc) is 2.40. The molecule has 0 N–H and O–H groups in total. The molecule has 2 aromatic carbocycles. The van der Waals surface area contributed by atoms with Crippen LogP contribution in [0.5, 0.6) is 0 Å². The smallest absolute Gasteiger partial charge is 0.00645 e. The monoisotopic (exact) mass is 220 g/mol. The van der Waals surface area contributed by atoms with E-state index in [1.807, 2.05) is 0 Å². The van der Waals surface area contributed by atoms with E-state index in [0.29, 0.717) is 5.92 Å². The van der Waals surface area contributed by atoms with Gasteiger partial charge in [-0.25, -0.2) is 0 Å². The lowest BCUT2D eigenvalue weighted by atomic mass is 9.82. The van der Waals surface area contributed by atoms with Crippen molar-refractivity contribution in [2.24, 2.45) is 0 Å². The molecule has 1 aliphatic rings. The van der Waals surface area contributed by atoms with Gasteiger partial charge in [0.1, 0.15) is 0 Å². The van der Waals surface area contributed by atoms with Crippen molar-refractivity contribution in [3.63, 3.8) is 0 Å². The Balaban J connectivity index is 2.02. The van der Waals surface area contributed by atoms with Gasteiger partial charge in [0.25, 0.3) is 0 Å². The summed E-state index contributed by atoms with van der Waals surface area (Å²) in [5, 5.41) is 0. The molecule has 2 aromatic rings. The first-order valence-corrected chi connectivity index (χ1v) is 6.16. The van der Waals surface area contributed by atoms with Crippen LogP contribution in [-0.2, 0) is 6.42 Å². The molecule has 0 saturated heterocycles. The molecule has 0 radical (unpaired) electrons. The zero-order chi connectivity index (χ0) is 11.7. The van der Waals surface area contributed by atoms with Gasteiger partial charge in [0, 0.05) is 5.92 Å². The third-order valence-electron chi connectivity index (χ3n) is 3.56. The second kappa shape index (κ2) is 4.21. The highest BCUT2D eigenvalue weighted by Crippen LogP contribution is 2.33. The van der Waals surface area contributed by atoms with E-state index in [4.69, 9.17) is 0 Å². The minimum Gasteiger partial charge on any atom is -0.0731 e. The molecule has 1 aliphatic carbocycles. The molecule has 17 heavy (non-hydrogen) atoms. The fourth-order valence-corrected chi connectivity index (χ4v) is 2.68. The van der Waals surface area contributed by atoms with E-state index < -0.39 is 0 Å². The van der Waals surface area contributed by atoms with Gasteiger partial charge in [-0.15, -0.1) is 0 Å². The maximum Gasteiger partial charge on any atom is 0.00645 e. The van der Waals surface area contributed by atoms with Crippen LogP contribution in [0.1, 0.15) is 29.5 Å². The van der Waals surface area contributed by atoms with Gasteiger partial charge >= 0.3 is 0 Å². The SMILES string of the molecule is CC1=CC(c2ccccc2)Cc2ccccc21. The molecule has 3 rings (SSSR count). The van der Waals surface area contributed by atoms with Crippen LogP contribution >= 0.6 is 0 Å².